The zero-order chi connectivity index (χ0) is 39.4. The maximum atomic E-state index is 12.4. The quantitative estimate of drug-likeness (QED) is 0.0284. The molecule has 0 spiro atoms. The van der Waals surface area contributed by atoms with E-state index in [9.17, 15) is 14.7 Å². The lowest BCUT2D eigenvalue weighted by Gasteiger charge is -2.21. The monoisotopic (exact) mass is 766 g/mol. The van der Waals surface area contributed by atoms with Crippen LogP contribution in [0.4, 0.5) is 0 Å². The summed E-state index contributed by atoms with van der Waals surface area (Å²) < 4.78 is 23.1. The summed E-state index contributed by atoms with van der Waals surface area (Å²) in [4.78, 5) is 26.7. The third-order valence-corrected chi connectivity index (χ3v) is 9.68. The van der Waals surface area contributed by atoms with Crippen molar-refractivity contribution in [3.8, 4) is 0 Å². The van der Waals surface area contributed by atoms with Crippen molar-refractivity contribution in [2.75, 3.05) is 52.7 Å². The summed E-state index contributed by atoms with van der Waals surface area (Å²) in [5.41, 5.74) is 0. The number of allylic oxidation sites excluding steroid dienone is 4. The van der Waals surface area contributed by atoms with Crippen LogP contribution in [-0.2, 0) is 28.5 Å². The average Bonchev–Trinajstić information content (AvgIpc) is 3.17. The van der Waals surface area contributed by atoms with Crippen LogP contribution in [0.3, 0.4) is 0 Å². The van der Waals surface area contributed by atoms with E-state index in [1.165, 1.54) is 32.1 Å². The Hall–Kier alpha value is -1.74. The van der Waals surface area contributed by atoms with E-state index in [4.69, 9.17) is 18.9 Å². The van der Waals surface area contributed by atoms with Crippen molar-refractivity contribution >= 4 is 11.9 Å². The van der Waals surface area contributed by atoms with E-state index < -0.39 is 0 Å². The van der Waals surface area contributed by atoms with Crippen LogP contribution in [0, 0.1) is 0 Å². The summed E-state index contributed by atoms with van der Waals surface area (Å²) in [6.07, 6.45) is 37.7. The molecule has 0 rings (SSSR count). The number of nitrogens with zero attached hydrogens (tertiary/aromatic N) is 1. The van der Waals surface area contributed by atoms with Crippen LogP contribution >= 0.6 is 0 Å². The fourth-order valence-corrected chi connectivity index (χ4v) is 6.33. The fraction of sp³-hybridized carbons (Fsp3) is 0.870. The number of hydrogen-bond acceptors (Lipinski definition) is 8. The summed E-state index contributed by atoms with van der Waals surface area (Å²) in [5.74, 6) is -0.176. The van der Waals surface area contributed by atoms with Crippen LogP contribution < -0.4 is 0 Å². The number of rotatable bonds is 43. The minimum absolute atomic E-state index is 0.0432. The van der Waals surface area contributed by atoms with E-state index in [0.29, 0.717) is 58.7 Å². The fourth-order valence-electron chi connectivity index (χ4n) is 6.33. The zero-order valence-electron chi connectivity index (χ0n) is 35.7. The lowest BCUT2D eigenvalue weighted by Crippen LogP contribution is -2.29. The van der Waals surface area contributed by atoms with E-state index >= 15 is 0 Å². The van der Waals surface area contributed by atoms with Gasteiger partial charge in [0.15, 0.2) is 6.29 Å². The second-order valence-electron chi connectivity index (χ2n) is 14.9. The lowest BCUT2D eigenvalue weighted by atomic mass is 10.1. The van der Waals surface area contributed by atoms with Crippen molar-refractivity contribution < 1.29 is 33.6 Å². The van der Waals surface area contributed by atoms with Gasteiger partial charge in [-0.25, -0.2) is 0 Å². The Labute approximate surface area is 333 Å². The number of aliphatic hydroxyl groups excluding tert-OH is 1. The van der Waals surface area contributed by atoms with Crippen LogP contribution in [0.15, 0.2) is 24.3 Å². The Balaban J connectivity index is 3.95. The van der Waals surface area contributed by atoms with Gasteiger partial charge < -0.3 is 29.0 Å². The molecule has 0 saturated carbocycles. The molecule has 0 atom stereocenters. The highest BCUT2D eigenvalue weighted by molar-refractivity contribution is 5.69. The second-order valence-corrected chi connectivity index (χ2v) is 14.9. The summed E-state index contributed by atoms with van der Waals surface area (Å²) in [7, 11) is 0. The molecule has 1 N–H and O–H groups in total. The van der Waals surface area contributed by atoms with Crippen molar-refractivity contribution in [1.82, 2.24) is 4.90 Å². The first-order valence-electron chi connectivity index (χ1n) is 22.7. The summed E-state index contributed by atoms with van der Waals surface area (Å²) in [6, 6.07) is 0. The van der Waals surface area contributed by atoms with Crippen molar-refractivity contribution in [3.05, 3.63) is 24.3 Å². The molecule has 0 aromatic carbocycles. The molecule has 318 valence electrons. The second kappa shape index (κ2) is 44.0. The number of ether oxygens (including phenoxy) is 4. The number of unbranched alkanes of at least 4 members (excludes halogenated alkanes) is 17. The Kier molecular flexibility index (Phi) is 42.6. The molecule has 54 heavy (non-hydrogen) atoms. The molecule has 0 aliphatic rings. The number of hydrogen-bond donors (Lipinski definition) is 1. The Morgan fingerprint density at radius 3 is 1.44 bits per heavy atom. The standard InChI is InChI=1S/C46H87NO7/c1-4-7-10-13-16-23-28-40-51-44(49)33-25-18-17-19-26-36-47(38-39-48)37-27-20-24-29-41-52-45(50)34-32-35-46(53-42-30-21-14-11-8-5-2)54-43-31-22-15-12-9-6-3/h8-9,11-12,46,48H,4-7,10,13-43H2,1-3H3/b11-8-,12-9-. The Morgan fingerprint density at radius 2 is 0.944 bits per heavy atom. The lowest BCUT2D eigenvalue weighted by molar-refractivity contribution is -0.152. The molecule has 0 fully saturated rings. The molecule has 0 saturated heterocycles. The van der Waals surface area contributed by atoms with Gasteiger partial charge in [-0.1, -0.05) is 116 Å². The van der Waals surface area contributed by atoms with Crippen LogP contribution in [0.5, 0.6) is 0 Å². The van der Waals surface area contributed by atoms with Gasteiger partial charge in [-0.15, -0.1) is 0 Å². The molecule has 0 bridgehead atoms. The van der Waals surface area contributed by atoms with Crippen molar-refractivity contribution in [1.29, 1.82) is 0 Å². The largest absolute Gasteiger partial charge is 0.466 e. The van der Waals surface area contributed by atoms with E-state index in [1.807, 2.05) is 0 Å². The summed E-state index contributed by atoms with van der Waals surface area (Å²) in [6.45, 7) is 11.9. The van der Waals surface area contributed by atoms with Crippen molar-refractivity contribution in [3.63, 3.8) is 0 Å². The highest BCUT2D eigenvalue weighted by Gasteiger charge is 2.12. The molecule has 8 nitrogen and oxygen atoms in total. The van der Waals surface area contributed by atoms with E-state index in [2.05, 4.69) is 50.0 Å². The third-order valence-electron chi connectivity index (χ3n) is 9.68. The number of esters is 2. The number of carbonyl (C=O) groups is 2. The first-order valence-corrected chi connectivity index (χ1v) is 22.7. The smallest absolute Gasteiger partial charge is 0.305 e. The molecular formula is C46H87NO7. The minimum Gasteiger partial charge on any atom is -0.466 e. The predicted octanol–water partition coefficient (Wildman–Crippen LogP) is 11.8. The molecule has 8 heteroatoms. The SMILES string of the molecule is CC/C=C\CCCCOC(CCCC(=O)OCCCCCCN(CCO)CCCCCCCC(=O)OCCCCCCCCC)OCCCC/C=C\CC. The normalized spacial score (nSPS) is 11.9. The summed E-state index contributed by atoms with van der Waals surface area (Å²) in [5, 5.41) is 9.52. The van der Waals surface area contributed by atoms with Crippen LogP contribution in [0.2, 0.25) is 0 Å². The molecule has 0 heterocycles. The Morgan fingerprint density at radius 1 is 0.500 bits per heavy atom. The van der Waals surface area contributed by atoms with Gasteiger partial charge in [0.25, 0.3) is 0 Å². The zero-order valence-corrected chi connectivity index (χ0v) is 35.7. The summed E-state index contributed by atoms with van der Waals surface area (Å²) >= 11 is 0. The van der Waals surface area contributed by atoms with Gasteiger partial charge in [-0.05, 0) is 109 Å². The molecule has 0 radical (unpaired) electrons. The van der Waals surface area contributed by atoms with E-state index in [0.717, 1.165) is 135 Å². The molecule has 0 aliphatic heterocycles. The number of aliphatic hydroxyl groups is 1. The van der Waals surface area contributed by atoms with Crippen molar-refractivity contribution in [2.24, 2.45) is 0 Å². The van der Waals surface area contributed by atoms with Gasteiger partial charge in [-0.3, -0.25) is 9.59 Å². The van der Waals surface area contributed by atoms with Gasteiger partial charge in [0.1, 0.15) is 0 Å². The highest BCUT2D eigenvalue weighted by atomic mass is 16.7. The molecule has 0 aromatic rings. The topological polar surface area (TPSA) is 94.5 Å². The first-order chi connectivity index (χ1) is 26.6. The van der Waals surface area contributed by atoms with Gasteiger partial charge in [0.05, 0.1) is 19.8 Å². The molecule has 0 aliphatic carbocycles. The molecular weight excluding hydrogens is 679 g/mol. The predicted molar refractivity (Wildman–Crippen MR) is 226 cm³/mol. The number of carbonyl (C=O) groups excluding carboxylic acids is 2. The Bertz CT molecular complexity index is 825. The maximum Gasteiger partial charge on any atom is 0.305 e. The minimum atomic E-state index is -0.257. The van der Waals surface area contributed by atoms with Gasteiger partial charge in [-0.2, -0.15) is 0 Å². The van der Waals surface area contributed by atoms with Gasteiger partial charge in [0.2, 0.25) is 0 Å². The average molecular weight is 766 g/mol. The molecule has 0 unspecified atom stereocenters. The first kappa shape index (κ1) is 52.3. The van der Waals surface area contributed by atoms with Crippen molar-refractivity contribution in [2.45, 2.75) is 207 Å². The third kappa shape index (κ3) is 39.9. The highest BCUT2D eigenvalue weighted by Crippen LogP contribution is 2.13. The van der Waals surface area contributed by atoms with Gasteiger partial charge >= 0.3 is 11.9 Å². The molecule has 0 aromatic heterocycles. The van der Waals surface area contributed by atoms with Gasteiger partial charge in [0, 0.05) is 32.6 Å². The maximum absolute atomic E-state index is 12.4. The molecule has 0 amide bonds. The van der Waals surface area contributed by atoms with Crippen LogP contribution in [0.25, 0.3) is 0 Å². The van der Waals surface area contributed by atoms with E-state index in [-0.39, 0.29) is 24.8 Å². The van der Waals surface area contributed by atoms with E-state index in [1.54, 1.807) is 0 Å². The van der Waals surface area contributed by atoms with Crippen LogP contribution in [0.1, 0.15) is 201 Å². The van der Waals surface area contributed by atoms with Crippen LogP contribution in [-0.4, -0.2) is 80.9 Å².